The largest absolute Gasteiger partial charge is 0.477 e. The molecule has 0 unspecified atom stereocenters. The van der Waals surface area contributed by atoms with E-state index in [1.54, 1.807) is 0 Å². The molecule has 0 aliphatic rings. The first-order valence-corrected chi connectivity index (χ1v) is 3.38. The van der Waals surface area contributed by atoms with Crippen molar-refractivity contribution in [3.05, 3.63) is 24.1 Å². The van der Waals surface area contributed by atoms with Gasteiger partial charge in [0.1, 0.15) is 11.8 Å². The summed E-state index contributed by atoms with van der Waals surface area (Å²) in [5, 5.41) is 15.6. The quantitative estimate of drug-likeness (QED) is 0.742. The van der Waals surface area contributed by atoms with Gasteiger partial charge in [-0.15, -0.1) is 0 Å². The fraction of sp³-hybridized carbons (Fsp3) is 0. The van der Waals surface area contributed by atoms with Crippen molar-refractivity contribution in [3.8, 4) is 11.5 Å². The Morgan fingerprint density at radius 1 is 1.54 bits per heavy atom. The first-order chi connectivity index (χ1) is 6.29. The highest BCUT2D eigenvalue weighted by Gasteiger charge is 2.18. The van der Waals surface area contributed by atoms with Crippen molar-refractivity contribution < 1.29 is 18.9 Å². The van der Waals surface area contributed by atoms with E-state index in [1.165, 1.54) is 12.3 Å². The van der Waals surface area contributed by atoms with Crippen LogP contribution >= 0.6 is 0 Å². The second-order valence-corrected chi connectivity index (χ2v) is 2.26. The second kappa shape index (κ2) is 2.74. The molecule has 0 fully saturated rings. The van der Waals surface area contributed by atoms with Crippen LogP contribution in [-0.2, 0) is 0 Å². The summed E-state index contributed by atoms with van der Waals surface area (Å²) in [6, 6.07) is 1.49. The van der Waals surface area contributed by atoms with Gasteiger partial charge in [-0.2, -0.15) is 0 Å². The zero-order chi connectivity index (χ0) is 9.26. The molecule has 0 amide bonds. The van der Waals surface area contributed by atoms with Gasteiger partial charge in [0.15, 0.2) is 5.69 Å². The fourth-order valence-corrected chi connectivity index (χ4v) is 0.906. The zero-order valence-electron chi connectivity index (χ0n) is 6.30. The first-order valence-electron chi connectivity index (χ1n) is 3.38. The predicted octanol–water partition coefficient (Wildman–Crippen LogP) is 1.03. The molecule has 0 saturated carbocycles. The molecule has 1 N–H and O–H groups in total. The number of rotatable bonds is 2. The Kier molecular flexibility index (Phi) is 1.59. The molecular formula is C7H4N2O4. The molecule has 2 rings (SSSR count). The molecule has 0 atom stereocenters. The fourth-order valence-electron chi connectivity index (χ4n) is 0.906. The molecular weight excluding hydrogens is 176 g/mol. The van der Waals surface area contributed by atoms with E-state index in [4.69, 9.17) is 9.63 Å². The molecule has 2 aromatic rings. The smallest absolute Gasteiger partial charge is 0.341 e. The maximum absolute atomic E-state index is 10.6. The van der Waals surface area contributed by atoms with Gasteiger partial charge in [0.05, 0.1) is 6.20 Å². The summed E-state index contributed by atoms with van der Waals surface area (Å²) in [7, 11) is 0. The lowest BCUT2D eigenvalue weighted by molar-refractivity contribution is 0.0697. The summed E-state index contributed by atoms with van der Waals surface area (Å²) >= 11 is 0. The molecule has 0 aliphatic heterocycles. The van der Waals surface area contributed by atoms with Crippen LogP contribution < -0.4 is 0 Å². The average molecular weight is 180 g/mol. The van der Waals surface area contributed by atoms with Gasteiger partial charge in [-0.3, -0.25) is 0 Å². The normalized spacial score (nSPS) is 10.2. The van der Waals surface area contributed by atoms with Gasteiger partial charge in [0, 0.05) is 6.07 Å². The molecule has 0 aliphatic carbocycles. The van der Waals surface area contributed by atoms with Crippen LogP contribution in [0.5, 0.6) is 0 Å². The number of aromatic nitrogens is 2. The number of hydrogen-bond acceptors (Lipinski definition) is 5. The standard InChI is InChI=1S/C7H4N2O4/c10-7(11)4-3-8-13-6(4)5-1-2-12-9-5/h1-3H,(H,10,11). The Balaban J connectivity index is 2.52. The van der Waals surface area contributed by atoms with E-state index in [2.05, 4.69) is 14.8 Å². The van der Waals surface area contributed by atoms with Crippen LogP contribution in [0.25, 0.3) is 11.5 Å². The minimum Gasteiger partial charge on any atom is -0.477 e. The van der Waals surface area contributed by atoms with E-state index in [0.717, 1.165) is 6.20 Å². The summed E-state index contributed by atoms with van der Waals surface area (Å²) in [6.07, 6.45) is 2.44. The number of aromatic carboxylic acids is 1. The van der Waals surface area contributed by atoms with Crippen LogP contribution in [0.1, 0.15) is 10.4 Å². The third kappa shape index (κ3) is 1.18. The summed E-state index contributed by atoms with van der Waals surface area (Å²) in [6.45, 7) is 0. The third-order valence-corrected chi connectivity index (χ3v) is 1.47. The highest BCUT2D eigenvalue weighted by Crippen LogP contribution is 2.21. The number of carboxylic acids is 1. The van der Waals surface area contributed by atoms with Crippen molar-refractivity contribution in [2.24, 2.45) is 0 Å². The Morgan fingerprint density at radius 2 is 2.38 bits per heavy atom. The van der Waals surface area contributed by atoms with Gasteiger partial charge in [0.2, 0.25) is 5.76 Å². The van der Waals surface area contributed by atoms with Crippen LogP contribution in [-0.4, -0.2) is 21.4 Å². The number of hydrogen-bond donors (Lipinski definition) is 1. The maximum atomic E-state index is 10.6. The summed E-state index contributed by atoms with van der Waals surface area (Å²) in [5.74, 6) is -1.01. The van der Waals surface area contributed by atoms with E-state index in [-0.39, 0.29) is 11.3 Å². The summed E-state index contributed by atoms with van der Waals surface area (Å²) in [5.41, 5.74) is 0.281. The molecule has 6 nitrogen and oxygen atoms in total. The van der Waals surface area contributed by atoms with Crippen LogP contribution in [0.4, 0.5) is 0 Å². The molecule has 0 saturated heterocycles. The lowest BCUT2D eigenvalue weighted by atomic mass is 10.2. The maximum Gasteiger partial charge on any atom is 0.341 e. The molecule has 0 radical (unpaired) electrons. The van der Waals surface area contributed by atoms with Crippen molar-refractivity contribution in [2.45, 2.75) is 0 Å². The Labute approximate surface area is 71.7 Å². The van der Waals surface area contributed by atoms with E-state index in [9.17, 15) is 4.79 Å². The monoisotopic (exact) mass is 180 g/mol. The SMILES string of the molecule is O=C(O)c1cnoc1-c1ccon1. The molecule has 6 heteroatoms. The first kappa shape index (κ1) is 7.53. The number of nitrogens with zero attached hydrogens (tertiary/aromatic N) is 2. The third-order valence-electron chi connectivity index (χ3n) is 1.47. The van der Waals surface area contributed by atoms with E-state index >= 15 is 0 Å². The highest BCUT2D eigenvalue weighted by molar-refractivity contribution is 5.93. The minimum atomic E-state index is -1.11. The molecule has 0 spiro atoms. The molecule has 2 heterocycles. The number of carboxylic acid groups (broad SMARTS) is 1. The van der Waals surface area contributed by atoms with Crippen LogP contribution in [0.15, 0.2) is 27.6 Å². The van der Waals surface area contributed by atoms with E-state index < -0.39 is 5.97 Å². The molecule has 66 valence electrons. The molecule has 2 aromatic heterocycles. The van der Waals surface area contributed by atoms with Crippen molar-refractivity contribution in [1.29, 1.82) is 0 Å². The highest BCUT2D eigenvalue weighted by atomic mass is 16.5. The Hall–Kier alpha value is -2.11. The van der Waals surface area contributed by atoms with Crippen LogP contribution in [0.2, 0.25) is 0 Å². The van der Waals surface area contributed by atoms with Crippen molar-refractivity contribution in [1.82, 2.24) is 10.3 Å². The lowest BCUT2D eigenvalue weighted by Crippen LogP contribution is -1.95. The van der Waals surface area contributed by atoms with Crippen molar-refractivity contribution in [3.63, 3.8) is 0 Å². The summed E-state index contributed by atoms with van der Waals surface area (Å²) < 4.78 is 9.26. The van der Waals surface area contributed by atoms with Gasteiger partial charge in [-0.25, -0.2) is 4.79 Å². The molecule has 0 bridgehead atoms. The minimum absolute atomic E-state index is 0.0334. The van der Waals surface area contributed by atoms with E-state index in [1.807, 2.05) is 0 Å². The molecule has 13 heavy (non-hydrogen) atoms. The average Bonchev–Trinajstić information content (AvgIpc) is 2.74. The van der Waals surface area contributed by atoms with Crippen LogP contribution in [0.3, 0.4) is 0 Å². The Bertz CT molecular complexity index is 417. The van der Waals surface area contributed by atoms with Crippen molar-refractivity contribution in [2.75, 3.05) is 0 Å². The van der Waals surface area contributed by atoms with Crippen LogP contribution in [0, 0.1) is 0 Å². The van der Waals surface area contributed by atoms with E-state index in [0.29, 0.717) is 5.69 Å². The van der Waals surface area contributed by atoms with Crippen molar-refractivity contribution >= 4 is 5.97 Å². The second-order valence-electron chi connectivity index (χ2n) is 2.26. The van der Waals surface area contributed by atoms with Gasteiger partial charge in [-0.05, 0) is 0 Å². The van der Waals surface area contributed by atoms with Gasteiger partial charge >= 0.3 is 5.97 Å². The topological polar surface area (TPSA) is 89.4 Å². The zero-order valence-corrected chi connectivity index (χ0v) is 6.30. The number of carbonyl (C=O) groups is 1. The Morgan fingerprint density at radius 3 is 3.00 bits per heavy atom. The van der Waals surface area contributed by atoms with Gasteiger partial charge < -0.3 is 14.2 Å². The van der Waals surface area contributed by atoms with Gasteiger partial charge in [-0.1, -0.05) is 10.3 Å². The molecule has 0 aromatic carbocycles. The lowest BCUT2D eigenvalue weighted by Gasteiger charge is -1.88. The predicted molar refractivity (Wildman–Crippen MR) is 39.0 cm³/mol. The summed E-state index contributed by atoms with van der Waals surface area (Å²) in [4.78, 5) is 10.6. The van der Waals surface area contributed by atoms with Gasteiger partial charge in [0.25, 0.3) is 0 Å².